The minimum absolute atomic E-state index is 0.0265. The molecule has 5 heteroatoms. The van der Waals surface area contributed by atoms with Gasteiger partial charge >= 0.3 is 0 Å². The van der Waals surface area contributed by atoms with Crippen molar-refractivity contribution in [2.75, 3.05) is 0 Å². The second-order valence-corrected chi connectivity index (χ2v) is 16.0. The molecule has 0 saturated heterocycles. The summed E-state index contributed by atoms with van der Waals surface area (Å²) in [6, 6.07) is 43.2. The summed E-state index contributed by atoms with van der Waals surface area (Å²) in [6.07, 6.45) is 0. The maximum Gasteiger partial charge on any atom is 0.146 e. The molecule has 0 saturated carbocycles. The van der Waals surface area contributed by atoms with Crippen molar-refractivity contribution in [2.45, 2.75) is 52.4 Å². The van der Waals surface area contributed by atoms with E-state index in [1.54, 1.807) is 0 Å². The van der Waals surface area contributed by atoms with Crippen molar-refractivity contribution in [1.29, 1.82) is 0 Å². The molecule has 0 amide bonds. The molecule has 0 aliphatic carbocycles. The molecule has 0 aliphatic rings. The molecule has 51 heavy (non-hydrogen) atoms. The third kappa shape index (κ3) is 4.40. The van der Waals surface area contributed by atoms with Crippen molar-refractivity contribution in [2.24, 2.45) is 0 Å². The lowest BCUT2D eigenvalue weighted by atomic mass is 9.83. The number of fused-ring (bicyclic) bond motifs is 16. The van der Waals surface area contributed by atoms with Gasteiger partial charge in [-0.2, -0.15) is 0 Å². The summed E-state index contributed by atoms with van der Waals surface area (Å²) in [7, 11) is 0. The van der Waals surface area contributed by atoms with E-state index in [2.05, 4.69) is 172 Å². The summed E-state index contributed by atoms with van der Waals surface area (Å²) in [5, 5.41) is 6.91. The molecule has 4 heterocycles. The van der Waals surface area contributed by atoms with Gasteiger partial charge in [0.05, 0.1) is 33.1 Å². The van der Waals surface area contributed by atoms with Gasteiger partial charge in [0.1, 0.15) is 22.8 Å². The molecule has 0 bridgehead atoms. The van der Waals surface area contributed by atoms with Gasteiger partial charge < -0.3 is 4.74 Å². The maximum absolute atomic E-state index is 6.75. The van der Waals surface area contributed by atoms with Crippen molar-refractivity contribution >= 4 is 76.7 Å². The standard InChI is InChI=1S/C46H38N4O/c1-45(2,3)27-18-21-31-30-22-19-28(25-33(30)43-47-37-14-8-10-16-39(37)50(43)41(31)24-27)51-29-20-23-32-34(26-29)44-48-36-13-7-9-15-38(36)49(44)40-17-11-12-35(42(32)40)46(4,5)6/h7-26H,1-6H3. The zero-order valence-electron chi connectivity index (χ0n) is 29.7. The lowest BCUT2D eigenvalue weighted by Crippen LogP contribution is -2.12. The minimum atomic E-state index is -0.0434. The zero-order valence-corrected chi connectivity index (χ0v) is 29.7. The molecule has 0 spiro atoms. The second kappa shape index (κ2) is 10.3. The first-order chi connectivity index (χ1) is 24.5. The fourth-order valence-electron chi connectivity index (χ4n) is 8.08. The van der Waals surface area contributed by atoms with Gasteiger partial charge in [-0.1, -0.05) is 90.1 Å². The monoisotopic (exact) mass is 662 g/mol. The molecule has 0 atom stereocenters. The first-order valence-corrected chi connectivity index (χ1v) is 17.8. The van der Waals surface area contributed by atoms with Crippen molar-refractivity contribution in [1.82, 2.24) is 18.8 Å². The number of para-hydroxylation sites is 4. The molecular formula is C46H38N4O. The quantitative estimate of drug-likeness (QED) is 0.173. The zero-order chi connectivity index (χ0) is 34.8. The molecule has 5 nitrogen and oxygen atoms in total. The van der Waals surface area contributed by atoms with Crippen molar-refractivity contribution in [3.8, 4) is 11.5 Å². The van der Waals surface area contributed by atoms with Gasteiger partial charge in [0.25, 0.3) is 0 Å². The Bertz CT molecular complexity index is 3080. The minimum Gasteiger partial charge on any atom is -0.457 e. The van der Waals surface area contributed by atoms with Gasteiger partial charge in [0, 0.05) is 21.5 Å². The number of rotatable bonds is 2. The summed E-state index contributed by atoms with van der Waals surface area (Å²) in [5.74, 6) is 1.53. The smallest absolute Gasteiger partial charge is 0.146 e. The van der Waals surface area contributed by atoms with E-state index in [1.807, 2.05) is 0 Å². The Hall–Kier alpha value is -5.94. The van der Waals surface area contributed by atoms with Crippen LogP contribution in [0.2, 0.25) is 0 Å². The predicted octanol–water partition coefficient (Wildman–Crippen LogP) is 12.3. The topological polar surface area (TPSA) is 43.8 Å². The van der Waals surface area contributed by atoms with E-state index in [4.69, 9.17) is 14.7 Å². The predicted molar refractivity (Wildman–Crippen MR) is 213 cm³/mol. The van der Waals surface area contributed by atoms with Gasteiger partial charge in [-0.25, -0.2) is 9.97 Å². The summed E-state index contributed by atoms with van der Waals surface area (Å²) in [4.78, 5) is 10.4. The van der Waals surface area contributed by atoms with E-state index in [-0.39, 0.29) is 10.8 Å². The normalized spacial score (nSPS) is 12.9. The van der Waals surface area contributed by atoms with Gasteiger partial charge in [-0.3, -0.25) is 8.80 Å². The highest BCUT2D eigenvalue weighted by molar-refractivity contribution is 6.16. The Morgan fingerprint density at radius 2 is 1.00 bits per heavy atom. The molecule has 0 unspecified atom stereocenters. The molecule has 248 valence electrons. The van der Waals surface area contributed by atoms with E-state index < -0.39 is 0 Å². The molecule has 6 aromatic carbocycles. The first-order valence-electron chi connectivity index (χ1n) is 17.8. The Balaban J connectivity index is 1.20. The molecule has 0 aliphatic heterocycles. The van der Waals surface area contributed by atoms with E-state index in [1.165, 1.54) is 38.3 Å². The largest absolute Gasteiger partial charge is 0.457 e. The van der Waals surface area contributed by atoms with Gasteiger partial charge in [-0.05, 0) is 106 Å². The van der Waals surface area contributed by atoms with Gasteiger partial charge in [0.2, 0.25) is 0 Å². The van der Waals surface area contributed by atoms with Crippen LogP contribution in [0.5, 0.6) is 11.5 Å². The number of imidazole rings is 2. The average molecular weight is 663 g/mol. The third-order valence-corrected chi connectivity index (χ3v) is 10.6. The van der Waals surface area contributed by atoms with E-state index >= 15 is 0 Å². The Labute approximate surface area is 295 Å². The Morgan fingerprint density at radius 3 is 1.63 bits per heavy atom. The van der Waals surface area contributed by atoms with E-state index in [0.717, 1.165) is 61.0 Å². The van der Waals surface area contributed by atoms with E-state index in [9.17, 15) is 0 Å². The molecule has 10 aromatic rings. The van der Waals surface area contributed by atoms with E-state index in [0.29, 0.717) is 0 Å². The lowest BCUT2D eigenvalue weighted by molar-refractivity contribution is 0.484. The lowest BCUT2D eigenvalue weighted by Gasteiger charge is -2.23. The fraction of sp³-hybridized carbons (Fsp3) is 0.174. The Morgan fingerprint density at radius 1 is 0.451 bits per heavy atom. The first kappa shape index (κ1) is 29.9. The molecule has 0 radical (unpaired) electrons. The van der Waals surface area contributed by atoms with Gasteiger partial charge in [-0.15, -0.1) is 0 Å². The summed E-state index contributed by atoms with van der Waals surface area (Å²) < 4.78 is 11.4. The molecule has 0 fully saturated rings. The third-order valence-electron chi connectivity index (χ3n) is 10.6. The number of hydrogen-bond acceptors (Lipinski definition) is 3. The van der Waals surface area contributed by atoms with Crippen LogP contribution in [0, 0.1) is 0 Å². The number of aromatic nitrogens is 4. The summed E-state index contributed by atoms with van der Waals surface area (Å²) >= 11 is 0. The highest BCUT2D eigenvalue weighted by Gasteiger charge is 2.23. The highest BCUT2D eigenvalue weighted by atomic mass is 16.5. The molecule has 4 aromatic heterocycles. The number of benzene rings is 6. The second-order valence-electron chi connectivity index (χ2n) is 16.0. The SMILES string of the molecule is CC(C)(C)c1ccc2c3ccc(Oc4ccc5c(c4)c4nc6ccccc6n4c4cccc(C(C)(C)C)c54)cc3c3nc4ccccc4n3c2c1. The summed E-state index contributed by atoms with van der Waals surface area (Å²) in [5.41, 5.74) is 10.9. The van der Waals surface area contributed by atoms with Gasteiger partial charge in [0.15, 0.2) is 0 Å². The maximum atomic E-state index is 6.75. The Kier molecular flexibility index (Phi) is 6.04. The molecule has 0 N–H and O–H groups in total. The molecular weight excluding hydrogens is 625 g/mol. The summed E-state index contributed by atoms with van der Waals surface area (Å²) in [6.45, 7) is 13.6. The van der Waals surface area contributed by atoms with Crippen LogP contribution >= 0.6 is 0 Å². The average Bonchev–Trinajstić information content (AvgIpc) is 3.71. The van der Waals surface area contributed by atoms with Crippen LogP contribution in [0.3, 0.4) is 0 Å². The highest BCUT2D eigenvalue weighted by Crippen LogP contribution is 2.41. The van der Waals surface area contributed by atoms with Crippen molar-refractivity contribution < 1.29 is 4.74 Å². The number of nitrogens with zero attached hydrogens (tertiary/aromatic N) is 4. The molecule has 10 rings (SSSR count). The van der Waals surface area contributed by atoms with Crippen LogP contribution in [-0.2, 0) is 10.8 Å². The number of hydrogen-bond donors (Lipinski definition) is 0. The number of pyridine rings is 2. The van der Waals surface area contributed by atoms with Crippen LogP contribution in [-0.4, -0.2) is 18.8 Å². The van der Waals surface area contributed by atoms with Crippen molar-refractivity contribution in [3.63, 3.8) is 0 Å². The fourth-order valence-corrected chi connectivity index (χ4v) is 8.08. The van der Waals surface area contributed by atoms with Crippen LogP contribution in [0.1, 0.15) is 52.7 Å². The van der Waals surface area contributed by atoms with Crippen LogP contribution in [0.4, 0.5) is 0 Å². The van der Waals surface area contributed by atoms with Crippen LogP contribution in [0.25, 0.3) is 76.7 Å². The van der Waals surface area contributed by atoms with Crippen molar-refractivity contribution in [3.05, 3.63) is 132 Å². The van der Waals surface area contributed by atoms with Crippen LogP contribution < -0.4 is 4.74 Å². The number of ether oxygens (including phenoxy) is 1. The van der Waals surface area contributed by atoms with Crippen LogP contribution in [0.15, 0.2) is 121 Å².